The Kier molecular flexibility index (Phi) is 3.88. The quantitative estimate of drug-likeness (QED) is 0.653. The van der Waals surface area contributed by atoms with Crippen molar-refractivity contribution in [1.29, 1.82) is 0 Å². The van der Waals surface area contributed by atoms with E-state index in [4.69, 9.17) is 5.10 Å². The van der Waals surface area contributed by atoms with Crippen molar-refractivity contribution in [2.24, 2.45) is 7.05 Å². The maximum atomic E-state index is 4.70. The number of fused-ring (bicyclic) bond motifs is 1. The van der Waals surface area contributed by atoms with E-state index in [-0.39, 0.29) is 0 Å². The van der Waals surface area contributed by atoms with Gasteiger partial charge in [-0.25, -0.2) is 0 Å². The first-order valence-electron chi connectivity index (χ1n) is 6.81. The van der Waals surface area contributed by atoms with E-state index in [0.29, 0.717) is 5.92 Å². The molecule has 3 rings (SSSR count). The van der Waals surface area contributed by atoms with Gasteiger partial charge in [0.05, 0.1) is 11.2 Å². The third kappa shape index (κ3) is 2.50. The van der Waals surface area contributed by atoms with Gasteiger partial charge in [-0.2, -0.15) is 5.10 Å². The Morgan fingerprint density at radius 2 is 1.75 bits per heavy atom. The molecule has 3 aromatic rings. The third-order valence-electron chi connectivity index (χ3n) is 3.73. The summed E-state index contributed by atoms with van der Waals surface area (Å²) in [4.78, 5) is 0. The van der Waals surface area contributed by atoms with E-state index < -0.39 is 0 Å². The number of hydrogen-bond donors (Lipinski definition) is 0. The second-order valence-corrected chi connectivity index (χ2v) is 5.70. The van der Waals surface area contributed by atoms with Crippen molar-refractivity contribution in [1.82, 2.24) is 9.78 Å². The van der Waals surface area contributed by atoms with E-state index in [1.165, 1.54) is 22.2 Å². The molecular weight excluding hydrogens is 312 g/mol. The zero-order valence-corrected chi connectivity index (χ0v) is 13.0. The number of aromatic nitrogens is 2. The van der Waals surface area contributed by atoms with Gasteiger partial charge < -0.3 is 0 Å². The number of rotatable bonds is 4. The summed E-state index contributed by atoms with van der Waals surface area (Å²) in [6, 6.07) is 19.1. The molecule has 1 heterocycles. The third-order valence-corrected chi connectivity index (χ3v) is 4.51. The molecule has 0 aliphatic heterocycles. The summed E-state index contributed by atoms with van der Waals surface area (Å²) in [7, 11) is 2.01. The molecule has 0 N–H and O–H groups in total. The lowest BCUT2D eigenvalue weighted by Gasteiger charge is -2.13. The average molecular weight is 329 g/mol. The van der Waals surface area contributed by atoms with Gasteiger partial charge in [-0.15, -0.1) is 0 Å². The molecule has 1 atom stereocenters. The summed E-state index contributed by atoms with van der Waals surface area (Å²) >= 11 is 3.65. The largest absolute Gasteiger partial charge is 0.268 e. The van der Waals surface area contributed by atoms with E-state index >= 15 is 0 Å². The average Bonchev–Trinajstić information content (AvgIpc) is 2.82. The van der Waals surface area contributed by atoms with Crippen LogP contribution in [0.1, 0.15) is 17.2 Å². The lowest BCUT2D eigenvalue weighted by Crippen LogP contribution is -2.05. The van der Waals surface area contributed by atoms with Crippen LogP contribution in [0.3, 0.4) is 0 Å². The van der Waals surface area contributed by atoms with Gasteiger partial charge in [0.1, 0.15) is 0 Å². The Balaban J connectivity index is 1.96. The van der Waals surface area contributed by atoms with Crippen LogP contribution in [0.5, 0.6) is 0 Å². The van der Waals surface area contributed by atoms with E-state index in [9.17, 15) is 0 Å². The number of alkyl halides is 1. The molecule has 0 fully saturated rings. The number of halogens is 1. The van der Waals surface area contributed by atoms with Crippen LogP contribution in [0.25, 0.3) is 10.9 Å². The summed E-state index contributed by atoms with van der Waals surface area (Å²) in [6.45, 7) is 0. The van der Waals surface area contributed by atoms with Crippen molar-refractivity contribution < 1.29 is 0 Å². The molecule has 0 bridgehead atoms. The molecule has 0 amide bonds. The molecule has 1 unspecified atom stereocenters. The highest BCUT2D eigenvalue weighted by Gasteiger charge is 2.15. The van der Waals surface area contributed by atoms with Crippen LogP contribution in [0.2, 0.25) is 0 Å². The highest BCUT2D eigenvalue weighted by atomic mass is 79.9. The molecular formula is C17H17BrN2. The van der Waals surface area contributed by atoms with Crippen molar-refractivity contribution in [3.8, 4) is 0 Å². The smallest absolute Gasteiger partial charge is 0.0709 e. The van der Waals surface area contributed by atoms with E-state index in [0.717, 1.165) is 11.8 Å². The SMILES string of the molecule is Cn1nc(CC(CBr)c2ccccc2)c2ccccc21. The van der Waals surface area contributed by atoms with Crippen molar-refractivity contribution in [3.05, 3.63) is 65.9 Å². The fraction of sp³-hybridized carbons (Fsp3) is 0.235. The maximum Gasteiger partial charge on any atom is 0.0709 e. The Morgan fingerprint density at radius 1 is 1.05 bits per heavy atom. The first kappa shape index (κ1) is 13.4. The highest BCUT2D eigenvalue weighted by Crippen LogP contribution is 2.26. The fourth-order valence-corrected chi connectivity index (χ4v) is 3.26. The predicted molar refractivity (Wildman–Crippen MR) is 87.4 cm³/mol. The molecule has 2 nitrogen and oxygen atoms in total. The van der Waals surface area contributed by atoms with Gasteiger partial charge in [-0.3, -0.25) is 4.68 Å². The zero-order chi connectivity index (χ0) is 13.9. The Morgan fingerprint density at radius 3 is 2.50 bits per heavy atom. The summed E-state index contributed by atoms with van der Waals surface area (Å²) in [5.74, 6) is 0.453. The lowest BCUT2D eigenvalue weighted by atomic mass is 9.95. The highest BCUT2D eigenvalue weighted by molar-refractivity contribution is 9.09. The summed E-state index contributed by atoms with van der Waals surface area (Å²) in [5.41, 5.74) is 3.74. The molecule has 0 saturated carbocycles. The number of nitrogens with zero attached hydrogens (tertiary/aromatic N) is 2. The van der Waals surface area contributed by atoms with E-state index in [1.54, 1.807) is 0 Å². The number of para-hydroxylation sites is 1. The molecule has 1 aromatic heterocycles. The normalized spacial score (nSPS) is 12.7. The van der Waals surface area contributed by atoms with Crippen molar-refractivity contribution in [3.63, 3.8) is 0 Å². The second-order valence-electron chi connectivity index (χ2n) is 5.05. The Bertz CT molecular complexity index is 703. The first-order chi connectivity index (χ1) is 9.79. The van der Waals surface area contributed by atoms with Crippen LogP contribution < -0.4 is 0 Å². The van der Waals surface area contributed by atoms with Gasteiger partial charge in [0.25, 0.3) is 0 Å². The Labute approximate surface area is 127 Å². The first-order valence-corrected chi connectivity index (χ1v) is 7.93. The summed E-state index contributed by atoms with van der Waals surface area (Å²) in [6.07, 6.45) is 0.955. The number of benzene rings is 2. The Hall–Kier alpha value is -1.61. The molecule has 102 valence electrons. The number of hydrogen-bond acceptors (Lipinski definition) is 1. The molecule has 0 spiro atoms. The van der Waals surface area contributed by atoms with Crippen molar-refractivity contribution in [2.45, 2.75) is 12.3 Å². The van der Waals surface area contributed by atoms with Crippen LogP contribution in [0.15, 0.2) is 54.6 Å². The van der Waals surface area contributed by atoms with Crippen LogP contribution in [-0.2, 0) is 13.5 Å². The minimum absolute atomic E-state index is 0.453. The van der Waals surface area contributed by atoms with Gasteiger partial charge in [-0.1, -0.05) is 64.5 Å². The summed E-state index contributed by atoms with van der Waals surface area (Å²) < 4.78 is 1.97. The molecule has 0 aliphatic rings. The van der Waals surface area contributed by atoms with Crippen LogP contribution in [-0.4, -0.2) is 15.1 Å². The molecule has 2 aromatic carbocycles. The molecule has 3 heteroatoms. The van der Waals surface area contributed by atoms with Gasteiger partial charge >= 0.3 is 0 Å². The fourth-order valence-electron chi connectivity index (χ4n) is 2.66. The van der Waals surface area contributed by atoms with Gasteiger partial charge in [0, 0.05) is 17.8 Å². The van der Waals surface area contributed by atoms with Crippen LogP contribution in [0.4, 0.5) is 0 Å². The van der Waals surface area contributed by atoms with Crippen molar-refractivity contribution >= 4 is 26.8 Å². The van der Waals surface area contributed by atoms with Gasteiger partial charge in [0.15, 0.2) is 0 Å². The molecule has 0 saturated heterocycles. The molecule has 0 aliphatic carbocycles. The van der Waals surface area contributed by atoms with E-state index in [2.05, 4.69) is 70.5 Å². The van der Waals surface area contributed by atoms with E-state index in [1.807, 2.05) is 11.7 Å². The minimum atomic E-state index is 0.453. The maximum absolute atomic E-state index is 4.70. The second kappa shape index (κ2) is 5.80. The van der Waals surface area contributed by atoms with Crippen molar-refractivity contribution in [2.75, 3.05) is 5.33 Å². The molecule has 20 heavy (non-hydrogen) atoms. The van der Waals surface area contributed by atoms with Gasteiger partial charge in [-0.05, 0) is 24.0 Å². The predicted octanol–water partition coefficient (Wildman–Crippen LogP) is 4.29. The standard InChI is InChI=1S/C17H17BrN2/c1-20-17-10-6-5-9-15(17)16(19-20)11-14(12-18)13-7-3-2-4-8-13/h2-10,14H,11-12H2,1H3. The monoisotopic (exact) mass is 328 g/mol. The van der Waals surface area contributed by atoms with Crippen LogP contribution in [0, 0.1) is 0 Å². The zero-order valence-electron chi connectivity index (χ0n) is 11.5. The minimum Gasteiger partial charge on any atom is -0.268 e. The summed E-state index contributed by atoms with van der Waals surface area (Å²) in [5, 5.41) is 6.91. The molecule has 0 radical (unpaired) electrons. The lowest BCUT2D eigenvalue weighted by molar-refractivity contribution is 0.712. The topological polar surface area (TPSA) is 17.8 Å². The van der Waals surface area contributed by atoms with Gasteiger partial charge in [0.2, 0.25) is 0 Å². The number of aryl methyl sites for hydroxylation is 1. The van der Waals surface area contributed by atoms with Crippen LogP contribution >= 0.6 is 15.9 Å².